The molecule has 0 aliphatic carbocycles. The summed E-state index contributed by atoms with van der Waals surface area (Å²) in [7, 11) is 0. The molecule has 98 valence electrons. The molecule has 2 aliphatic rings. The Morgan fingerprint density at radius 2 is 2.28 bits per heavy atom. The lowest BCUT2D eigenvalue weighted by atomic mass is 10.0. The summed E-state index contributed by atoms with van der Waals surface area (Å²) in [5.74, 6) is 2.36. The molecule has 1 aromatic heterocycles. The second kappa shape index (κ2) is 5.57. The van der Waals surface area contributed by atoms with E-state index in [9.17, 15) is 0 Å². The molecule has 0 spiro atoms. The normalized spacial score (nSPS) is 23.7. The van der Waals surface area contributed by atoms with E-state index in [1.807, 2.05) is 11.8 Å². The van der Waals surface area contributed by atoms with E-state index in [0.29, 0.717) is 5.25 Å². The van der Waals surface area contributed by atoms with E-state index in [-0.39, 0.29) is 0 Å². The van der Waals surface area contributed by atoms with Crippen molar-refractivity contribution in [2.45, 2.75) is 50.8 Å². The van der Waals surface area contributed by atoms with Gasteiger partial charge in [0.1, 0.15) is 5.82 Å². The maximum absolute atomic E-state index is 4.87. The van der Waals surface area contributed by atoms with Crippen LogP contribution in [0, 0.1) is 0 Å². The molecular weight excluding hydrogens is 242 g/mol. The monoisotopic (exact) mass is 263 g/mol. The fourth-order valence-electron chi connectivity index (χ4n) is 2.84. The van der Waals surface area contributed by atoms with E-state index in [1.54, 1.807) is 0 Å². The SMILES string of the molecule is CCc1nc(C2CCCCS2)nc2c1CCNC2. The third kappa shape index (κ3) is 2.41. The summed E-state index contributed by atoms with van der Waals surface area (Å²) < 4.78 is 0. The number of nitrogens with one attached hydrogen (secondary N) is 1. The average Bonchev–Trinajstić information content (AvgIpc) is 2.47. The van der Waals surface area contributed by atoms with E-state index >= 15 is 0 Å². The molecule has 3 heterocycles. The lowest BCUT2D eigenvalue weighted by molar-refractivity contribution is 0.596. The van der Waals surface area contributed by atoms with Gasteiger partial charge in [0.15, 0.2) is 0 Å². The summed E-state index contributed by atoms with van der Waals surface area (Å²) in [5, 5.41) is 3.96. The van der Waals surface area contributed by atoms with Crippen LogP contribution >= 0.6 is 11.8 Å². The maximum Gasteiger partial charge on any atom is 0.141 e. The number of nitrogens with zero attached hydrogens (tertiary/aromatic N) is 2. The smallest absolute Gasteiger partial charge is 0.141 e. The van der Waals surface area contributed by atoms with Crippen LogP contribution < -0.4 is 5.32 Å². The van der Waals surface area contributed by atoms with E-state index in [1.165, 1.54) is 42.0 Å². The molecule has 2 aliphatic heterocycles. The Balaban J connectivity index is 1.94. The Bertz CT molecular complexity index is 410. The fraction of sp³-hybridized carbons (Fsp3) is 0.714. The Morgan fingerprint density at radius 1 is 1.33 bits per heavy atom. The zero-order chi connectivity index (χ0) is 12.4. The summed E-state index contributed by atoms with van der Waals surface area (Å²) in [6.07, 6.45) is 6.07. The molecule has 1 aromatic rings. The van der Waals surface area contributed by atoms with Crippen molar-refractivity contribution in [2.24, 2.45) is 0 Å². The number of rotatable bonds is 2. The van der Waals surface area contributed by atoms with Crippen LogP contribution in [0.4, 0.5) is 0 Å². The molecule has 1 fully saturated rings. The Kier molecular flexibility index (Phi) is 3.85. The van der Waals surface area contributed by atoms with Crippen LogP contribution in [0.2, 0.25) is 0 Å². The number of hydrogen-bond acceptors (Lipinski definition) is 4. The van der Waals surface area contributed by atoms with Gasteiger partial charge < -0.3 is 5.32 Å². The van der Waals surface area contributed by atoms with Crippen LogP contribution in [0.3, 0.4) is 0 Å². The molecule has 1 unspecified atom stereocenters. The van der Waals surface area contributed by atoms with Crippen molar-refractivity contribution in [1.82, 2.24) is 15.3 Å². The molecular formula is C14H21N3S. The van der Waals surface area contributed by atoms with Crippen LogP contribution in [0.15, 0.2) is 0 Å². The van der Waals surface area contributed by atoms with Crippen molar-refractivity contribution in [2.75, 3.05) is 12.3 Å². The molecule has 0 radical (unpaired) electrons. The van der Waals surface area contributed by atoms with Crippen LogP contribution in [0.1, 0.15) is 54.2 Å². The van der Waals surface area contributed by atoms with Crippen LogP contribution in [0.5, 0.6) is 0 Å². The van der Waals surface area contributed by atoms with Gasteiger partial charge in [-0.3, -0.25) is 0 Å². The number of aromatic nitrogens is 2. The number of thioether (sulfide) groups is 1. The van der Waals surface area contributed by atoms with Crippen molar-refractivity contribution in [3.05, 3.63) is 22.8 Å². The standard InChI is InChI=1S/C14H21N3S/c1-2-11-10-6-7-15-9-12(10)17-14(16-11)13-5-3-4-8-18-13/h13,15H,2-9H2,1H3. The molecule has 3 nitrogen and oxygen atoms in total. The molecule has 1 saturated heterocycles. The lowest BCUT2D eigenvalue weighted by Crippen LogP contribution is -2.27. The van der Waals surface area contributed by atoms with Gasteiger partial charge in [0, 0.05) is 12.2 Å². The average molecular weight is 263 g/mol. The molecule has 1 atom stereocenters. The van der Waals surface area contributed by atoms with E-state index in [2.05, 4.69) is 12.2 Å². The highest BCUT2D eigenvalue weighted by Gasteiger charge is 2.23. The van der Waals surface area contributed by atoms with E-state index in [0.717, 1.165) is 31.8 Å². The predicted molar refractivity (Wildman–Crippen MR) is 75.9 cm³/mol. The minimum atomic E-state index is 0.538. The van der Waals surface area contributed by atoms with Crippen LogP contribution in [-0.4, -0.2) is 22.3 Å². The van der Waals surface area contributed by atoms with Gasteiger partial charge in [-0.1, -0.05) is 13.3 Å². The van der Waals surface area contributed by atoms with Crippen LogP contribution in [-0.2, 0) is 19.4 Å². The Labute approximate surface area is 113 Å². The highest BCUT2D eigenvalue weighted by atomic mass is 32.2. The highest BCUT2D eigenvalue weighted by Crippen LogP contribution is 2.37. The van der Waals surface area contributed by atoms with Crippen molar-refractivity contribution in [3.8, 4) is 0 Å². The first-order valence-corrected chi connectivity index (χ1v) is 8.14. The molecule has 1 N–H and O–H groups in total. The van der Waals surface area contributed by atoms with Gasteiger partial charge in [0.2, 0.25) is 0 Å². The third-order valence-electron chi connectivity index (χ3n) is 3.84. The van der Waals surface area contributed by atoms with E-state index in [4.69, 9.17) is 9.97 Å². The van der Waals surface area contributed by atoms with Gasteiger partial charge in [0.05, 0.1) is 10.9 Å². The van der Waals surface area contributed by atoms with Gasteiger partial charge >= 0.3 is 0 Å². The Morgan fingerprint density at radius 3 is 3.06 bits per heavy atom. The van der Waals surface area contributed by atoms with Gasteiger partial charge in [-0.15, -0.1) is 0 Å². The lowest BCUT2D eigenvalue weighted by Gasteiger charge is -2.24. The topological polar surface area (TPSA) is 37.8 Å². The molecule has 4 heteroatoms. The van der Waals surface area contributed by atoms with Gasteiger partial charge in [0.25, 0.3) is 0 Å². The maximum atomic E-state index is 4.87. The quantitative estimate of drug-likeness (QED) is 0.890. The van der Waals surface area contributed by atoms with Crippen molar-refractivity contribution in [3.63, 3.8) is 0 Å². The molecule has 0 aromatic carbocycles. The Hall–Kier alpha value is -0.610. The van der Waals surface area contributed by atoms with Gasteiger partial charge in [-0.25, -0.2) is 9.97 Å². The zero-order valence-electron chi connectivity index (χ0n) is 11.0. The van der Waals surface area contributed by atoms with Crippen LogP contribution in [0.25, 0.3) is 0 Å². The van der Waals surface area contributed by atoms with Crippen molar-refractivity contribution in [1.29, 1.82) is 0 Å². The summed E-state index contributed by atoms with van der Waals surface area (Å²) in [4.78, 5) is 9.72. The first-order valence-electron chi connectivity index (χ1n) is 7.09. The third-order valence-corrected chi connectivity index (χ3v) is 5.22. The molecule has 0 amide bonds. The molecule has 0 bridgehead atoms. The van der Waals surface area contributed by atoms with Crippen molar-refractivity contribution < 1.29 is 0 Å². The second-order valence-corrected chi connectivity index (χ2v) is 6.40. The summed E-state index contributed by atoms with van der Waals surface area (Å²) in [6, 6.07) is 0. The first-order chi connectivity index (χ1) is 8.88. The largest absolute Gasteiger partial charge is 0.311 e. The minimum Gasteiger partial charge on any atom is -0.311 e. The number of fused-ring (bicyclic) bond motifs is 1. The zero-order valence-corrected chi connectivity index (χ0v) is 11.9. The highest BCUT2D eigenvalue weighted by molar-refractivity contribution is 7.99. The molecule has 3 rings (SSSR count). The predicted octanol–water partition coefficient (Wildman–Crippen LogP) is 2.64. The molecule has 0 saturated carbocycles. The summed E-state index contributed by atoms with van der Waals surface area (Å²) in [6.45, 7) is 4.21. The number of hydrogen-bond donors (Lipinski definition) is 1. The van der Waals surface area contributed by atoms with Crippen molar-refractivity contribution >= 4 is 11.8 Å². The first kappa shape index (κ1) is 12.4. The second-order valence-electron chi connectivity index (χ2n) is 5.09. The fourth-order valence-corrected chi connectivity index (χ4v) is 4.08. The minimum absolute atomic E-state index is 0.538. The summed E-state index contributed by atoms with van der Waals surface area (Å²) in [5.41, 5.74) is 3.97. The summed E-state index contributed by atoms with van der Waals surface area (Å²) >= 11 is 2.04. The molecule has 18 heavy (non-hydrogen) atoms. The van der Waals surface area contributed by atoms with Gasteiger partial charge in [-0.05, 0) is 43.5 Å². The van der Waals surface area contributed by atoms with Gasteiger partial charge in [-0.2, -0.15) is 11.8 Å². The van der Waals surface area contributed by atoms with E-state index < -0.39 is 0 Å². The number of aryl methyl sites for hydroxylation is 1.